The fourth-order valence-electron chi connectivity index (χ4n) is 6.44. The summed E-state index contributed by atoms with van der Waals surface area (Å²) in [5.74, 6) is 0.659. The Balaban J connectivity index is 1.45. The minimum Gasteiger partial charge on any atom is -0.317 e. The number of carbonyl (C=O) groups is 1. The van der Waals surface area contributed by atoms with Gasteiger partial charge in [0.1, 0.15) is 0 Å². The number of carbonyl (C=O) groups excluding carboxylic acids is 1. The first kappa shape index (κ1) is 23.1. The number of anilines is 1. The Bertz CT molecular complexity index is 1010. The summed E-state index contributed by atoms with van der Waals surface area (Å²) in [6.07, 6.45) is 8.03. The van der Waals surface area contributed by atoms with E-state index in [0.717, 1.165) is 56.7 Å². The minimum atomic E-state index is -0.0884. The zero-order chi connectivity index (χ0) is 23.8. The van der Waals surface area contributed by atoms with Crippen molar-refractivity contribution in [1.82, 2.24) is 9.80 Å². The van der Waals surface area contributed by atoms with Gasteiger partial charge in [0.05, 0.1) is 17.8 Å². The second kappa shape index (κ2) is 9.18. The van der Waals surface area contributed by atoms with Crippen LogP contribution in [0.5, 0.6) is 0 Å². The van der Waals surface area contributed by atoms with E-state index in [-0.39, 0.29) is 17.1 Å². The number of aliphatic imine (C=N–C) groups is 1. The molecule has 0 bridgehead atoms. The maximum absolute atomic E-state index is 13.8. The lowest BCUT2D eigenvalue weighted by Gasteiger charge is -2.52. The average Bonchev–Trinajstić information content (AvgIpc) is 3.13. The molecule has 2 aliphatic carbocycles. The first-order valence-electron chi connectivity index (χ1n) is 12.9. The third kappa shape index (κ3) is 3.84. The van der Waals surface area contributed by atoms with Crippen LogP contribution in [0.4, 0.5) is 16.2 Å². The zero-order valence-corrected chi connectivity index (χ0v) is 20.7. The molecule has 180 valence electrons. The number of rotatable bonds is 7. The monoisotopic (exact) mass is 458 g/mol. The summed E-state index contributed by atoms with van der Waals surface area (Å²) in [5, 5.41) is 0. The predicted molar refractivity (Wildman–Crippen MR) is 140 cm³/mol. The third-order valence-corrected chi connectivity index (χ3v) is 9.02. The molecule has 1 saturated heterocycles. The number of benzene rings is 2. The van der Waals surface area contributed by atoms with Gasteiger partial charge in [-0.1, -0.05) is 43.7 Å². The van der Waals surface area contributed by atoms with Gasteiger partial charge in [0.15, 0.2) is 0 Å². The second-order valence-electron chi connectivity index (χ2n) is 10.6. The van der Waals surface area contributed by atoms with Crippen LogP contribution in [0, 0.1) is 5.92 Å². The summed E-state index contributed by atoms with van der Waals surface area (Å²) >= 11 is 0. The number of urea groups is 1. The van der Waals surface area contributed by atoms with Crippen LogP contribution < -0.4 is 4.90 Å². The normalized spacial score (nSPS) is 27.4. The Morgan fingerprint density at radius 2 is 1.71 bits per heavy atom. The smallest absolute Gasteiger partial charge is 0.317 e. The highest BCUT2D eigenvalue weighted by atomic mass is 16.2. The molecule has 1 heterocycles. The van der Waals surface area contributed by atoms with Crippen LogP contribution >= 0.6 is 0 Å². The van der Waals surface area contributed by atoms with Crippen LogP contribution in [0.15, 0.2) is 59.6 Å². The molecular weight excluding hydrogens is 420 g/mol. The van der Waals surface area contributed by atoms with E-state index < -0.39 is 0 Å². The van der Waals surface area contributed by atoms with Crippen LogP contribution in [0.2, 0.25) is 0 Å². The van der Waals surface area contributed by atoms with E-state index in [2.05, 4.69) is 65.8 Å². The molecule has 0 radical (unpaired) electrons. The number of nitrogens with zero attached hydrogens (tertiary/aromatic N) is 4. The van der Waals surface area contributed by atoms with E-state index >= 15 is 0 Å². The first-order valence-corrected chi connectivity index (χ1v) is 12.9. The lowest BCUT2D eigenvalue weighted by atomic mass is 9.68. The van der Waals surface area contributed by atoms with Gasteiger partial charge in [-0.25, -0.2) is 4.79 Å². The first-order chi connectivity index (χ1) is 16.5. The van der Waals surface area contributed by atoms with Crippen molar-refractivity contribution in [2.24, 2.45) is 10.9 Å². The summed E-state index contributed by atoms with van der Waals surface area (Å²) in [4.78, 5) is 24.7. The molecule has 0 N–H and O–H groups in total. The SMILES string of the molecule is C=Nc1ccc(N2CC3(CCC(c4ccccc4)(N(C)CC)CC3)N(CC3CCC3)C2=O)cc1. The fraction of sp³-hybridized carbons (Fsp3) is 0.517. The van der Waals surface area contributed by atoms with E-state index in [9.17, 15) is 4.79 Å². The van der Waals surface area contributed by atoms with Gasteiger partial charge in [0.2, 0.25) is 0 Å². The Morgan fingerprint density at radius 3 is 2.26 bits per heavy atom. The average molecular weight is 459 g/mol. The van der Waals surface area contributed by atoms with Gasteiger partial charge in [-0.15, -0.1) is 0 Å². The largest absolute Gasteiger partial charge is 0.325 e. The highest BCUT2D eigenvalue weighted by Crippen LogP contribution is 2.50. The van der Waals surface area contributed by atoms with Crippen molar-refractivity contribution in [2.45, 2.75) is 62.9 Å². The Morgan fingerprint density at radius 1 is 1.03 bits per heavy atom. The van der Waals surface area contributed by atoms with Crippen LogP contribution in [-0.2, 0) is 5.54 Å². The zero-order valence-electron chi connectivity index (χ0n) is 20.7. The summed E-state index contributed by atoms with van der Waals surface area (Å²) in [5.41, 5.74) is 3.17. The molecule has 3 aliphatic rings. The quantitative estimate of drug-likeness (QED) is 0.462. The van der Waals surface area contributed by atoms with Gasteiger partial charge in [-0.2, -0.15) is 0 Å². The maximum atomic E-state index is 13.8. The van der Waals surface area contributed by atoms with Crippen molar-refractivity contribution in [3.63, 3.8) is 0 Å². The second-order valence-corrected chi connectivity index (χ2v) is 10.6. The van der Waals surface area contributed by atoms with Gasteiger partial charge >= 0.3 is 6.03 Å². The van der Waals surface area contributed by atoms with Crippen molar-refractivity contribution in [3.05, 3.63) is 60.2 Å². The van der Waals surface area contributed by atoms with E-state index in [1.807, 2.05) is 29.2 Å². The highest BCUT2D eigenvalue weighted by Gasteiger charge is 2.55. The molecule has 2 amide bonds. The number of amides is 2. The van der Waals surface area contributed by atoms with E-state index in [4.69, 9.17) is 0 Å². The lowest BCUT2D eigenvalue weighted by molar-refractivity contribution is 0.00833. The van der Waals surface area contributed by atoms with E-state index in [0.29, 0.717) is 5.92 Å². The van der Waals surface area contributed by atoms with E-state index in [1.165, 1.54) is 24.8 Å². The molecule has 5 heteroatoms. The molecule has 5 rings (SSSR count). The molecule has 1 aliphatic heterocycles. The van der Waals surface area contributed by atoms with E-state index in [1.54, 1.807) is 0 Å². The molecule has 34 heavy (non-hydrogen) atoms. The van der Waals surface area contributed by atoms with Crippen molar-refractivity contribution in [2.75, 3.05) is 31.6 Å². The Hall–Kier alpha value is -2.66. The molecule has 5 nitrogen and oxygen atoms in total. The molecule has 0 unspecified atom stereocenters. The fourth-order valence-corrected chi connectivity index (χ4v) is 6.44. The van der Waals surface area contributed by atoms with Gasteiger partial charge < -0.3 is 4.90 Å². The summed E-state index contributed by atoms with van der Waals surface area (Å²) in [6, 6.07) is 19.1. The Labute approximate surface area is 204 Å². The van der Waals surface area contributed by atoms with Crippen molar-refractivity contribution < 1.29 is 4.79 Å². The number of hydrogen-bond acceptors (Lipinski definition) is 3. The Kier molecular flexibility index (Phi) is 6.24. The van der Waals surface area contributed by atoms with Crippen LogP contribution in [-0.4, -0.2) is 54.8 Å². The third-order valence-electron chi connectivity index (χ3n) is 9.02. The summed E-state index contributed by atoms with van der Waals surface area (Å²) in [6.45, 7) is 8.57. The van der Waals surface area contributed by atoms with Crippen molar-refractivity contribution in [1.29, 1.82) is 0 Å². The molecule has 2 saturated carbocycles. The molecule has 2 aromatic rings. The van der Waals surface area contributed by atoms with Crippen LogP contribution in [0.25, 0.3) is 0 Å². The van der Waals surface area contributed by atoms with Gasteiger partial charge in [-0.3, -0.25) is 14.8 Å². The summed E-state index contributed by atoms with van der Waals surface area (Å²) < 4.78 is 0. The van der Waals surface area contributed by atoms with Gasteiger partial charge in [0.25, 0.3) is 0 Å². The molecule has 2 aromatic carbocycles. The summed E-state index contributed by atoms with van der Waals surface area (Å²) in [7, 11) is 2.26. The molecule has 1 spiro atoms. The van der Waals surface area contributed by atoms with Gasteiger partial charge in [-0.05, 0) is 94.6 Å². The maximum Gasteiger partial charge on any atom is 0.325 e. The van der Waals surface area contributed by atoms with Crippen molar-refractivity contribution >= 4 is 24.1 Å². The predicted octanol–water partition coefficient (Wildman–Crippen LogP) is 6.22. The molecule has 0 aromatic heterocycles. The molecule has 0 atom stereocenters. The highest BCUT2D eigenvalue weighted by molar-refractivity contribution is 5.95. The molecule has 3 fully saturated rings. The van der Waals surface area contributed by atoms with Crippen LogP contribution in [0.1, 0.15) is 57.4 Å². The standard InChI is InChI=1S/C29H38N4O/c1-4-31(3)29(24-11-6-5-7-12-24)19-17-28(18-20-29)22-32(26-15-13-25(30-2)14-16-26)27(34)33(28)21-23-9-8-10-23/h5-7,11-16,23H,2,4,8-10,17-22H2,1,3H3. The molecular formula is C29H38N4O. The lowest BCUT2D eigenvalue weighted by Crippen LogP contribution is -2.57. The number of hydrogen-bond donors (Lipinski definition) is 0. The van der Waals surface area contributed by atoms with Crippen molar-refractivity contribution in [3.8, 4) is 0 Å². The van der Waals surface area contributed by atoms with Crippen LogP contribution in [0.3, 0.4) is 0 Å². The topological polar surface area (TPSA) is 39.1 Å². The van der Waals surface area contributed by atoms with Gasteiger partial charge in [0, 0.05) is 17.8 Å². The minimum absolute atomic E-state index is 0.0388.